The third-order valence-corrected chi connectivity index (χ3v) is 2.54. The van der Waals surface area contributed by atoms with Crippen LogP contribution in [0.15, 0.2) is 24.3 Å². The fourth-order valence-corrected chi connectivity index (χ4v) is 1.64. The van der Waals surface area contributed by atoms with Crippen molar-refractivity contribution in [3.63, 3.8) is 0 Å². The number of aldehydes is 1. The van der Waals surface area contributed by atoms with Crippen molar-refractivity contribution in [1.29, 1.82) is 0 Å². The summed E-state index contributed by atoms with van der Waals surface area (Å²) in [4.78, 5) is 10.8. The molecule has 2 rings (SSSR count). The summed E-state index contributed by atoms with van der Waals surface area (Å²) in [7, 11) is 1.51. The van der Waals surface area contributed by atoms with E-state index in [4.69, 9.17) is 4.74 Å². The highest BCUT2D eigenvalue weighted by molar-refractivity contribution is 5.73. The maximum absolute atomic E-state index is 13.5. The zero-order chi connectivity index (χ0) is 13.0. The van der Waals surface area contributed by atoms with E-state index in [2.05, 4.69) is 10.3 Å². The van der Waals surface area contributed by atoms with Crippen molar-refractivity contribution >= 4 is 6.29 Å². The molecular formula is C12H12FN3O2. The highest BCUT2D eigenvalue weighted by Crippen LogP contribution is 2.11. The molecule has 2 aromatic rings. The van der Waals surface area contributed by atoms with E-state index in [9.17, 15) is 9.18 Å². The Hall–Kier alpha value is -2.08. The van der Waals surface area contributed by atoms with E-state index in [0.717, 1.165) is 0 Å². The summed E-state index contributed by atoms with van der Waals surface area (Å²) in [6, 6.07) is 6.40. The predicted octanol–water partition coefficient (Wildman–Crippen LogP) is 1.42. The van der Waals surface area contributed by atoms with Crippen LogP contribution in [0, 0.1) is 5.82 Å². The van der Waals surface area contributed by atoms with Gasteiger partial charge >= 0.3 is 0 Å². The zero-order valence-corrected chi connectivity index (χ0v) is 9.84. The predicted molar refractivity (Wildman–Crippen MR) is 61.6 cm³/mol. The van der Waals surface area contributed by atoms with Crippen LogP contribution in [-0.4, -0.2) is 28.4 Å². The summed E-state index contributed by atoms with van der Waals surface area (Å²) in [5.74, 6) is -0.316. The number of aromatic nitrogens is 3. The van der Waals surface area contributed by atoms with Crippen LogP contribution in [-0.2, 0) is 17.9 Å². The van der Waals surface area contributed by atoms with Crippen molar-refractivity contribution in [3.05, 3.63) is 47.0 Å². The molecule has 1 aromatic heterocycles. The van der Waals surface area contributed by atoms with Crippen molar-refractivity contribution in [3.8, 4) is 0 Å². The quantitative estimate of drug-likeness (QED) is 0.752. The van der Waals surface area contributed by atoms with Crippen molar-refractivity contribution in [2.75, 3.05) is 7.11 Å². The second-order valence-corrected chi connectivity index (χ2v) is 3.72. The van der Waals surface area contributed by atoms with E-state index >= 15 is 0 Å². The largest absolute Gasteiger partial charge is 0.378 e. The average Bonchev–Trinajstić information content (AvgIpc) is 2.75. The molecule has 0 aliphatic rings. The Bertz CT molecular complexity index is 554. The summed E-state index contributed by atoms with van der Waals surface area (Å²) in [5, 5.41) is 7.55. The van der Waals surface area contributed by atoms with Crippen LogP contribution in [0.2, 0.25) is 0 Å². The second kappa shape index (κ2) is 5.50. The average molecular weight is 249 g/mol. The first-order chi connectivity index (χ1) is 8.76. The number of ether oxygens (including phenoxy) is 1. The molecule has 0 unspecified atom stereocenters. The van der Waals surface area contributed by atoms with Crippen molar-refractivity contribution < 1.29 is 13.9 Å². The molecule has 1 aromatic carbocycles. The first-order valence-electron chi connectivity index (χ1n) is 5.36. The fraction of sp³-hybridized carbons (Fsp3) is 0.250. The maximum Gasteiger partial charge on any atom is 0.172 e. The van der Waals surface area contributed by atoms with Crippen LogP contribution < -0.4 is 0 Å². The second-order valence-electron chi connectivity index (χ2n) is 3.72. The van der Waals surface area contributed by atoms with Crippen LogP contribution in [0.3, 0.4) is 0 Å². The van der Waals surface area contributed by atoms with Gasteiger partial charge in [0.15, 0.2) is 12.0 Å². The van der Waals surface area contributed by atoms with Gasteiger partial charge < -0.3 is 4.74 Å². The third kappa shape index (κ3) is 2.43. The molecule has 0 aliphatic carbocycles. The van der Waals surface area contributed by atoms with E-state index in [1.807, 2.05) is 0 Å². The lowest BCUT2D eigenvalue weighted by atomic mass is 10.2. The molecule has 0 N–H and O–H groups in total. The summed E-state index contributed by atoms with van der Waals surface area (Å²) >= 11 is 0. The van der Waals surface area contributed by atoms with Gasteiger partial charge in [0.2, 0.25) is 0 Å². The highest BCUT2D eigenvalue weighted by Gasteiger charge is 2.13. The standard InChI is InChI=1S/C12H12FN3O2/c1-18-8-12-11(7-17)14-15-16(12)6-9-4-2-3-5-10(9)13/h2-5,7H,6,8H2,1H3. The molecular weight excluding hydrogens is 237 g/mol. The molecule has 0 spiro atoms. The van der Waals surface area contributed by atoms with Crippen molar-refractivity contribution in [1.82, 2.24) is 15.0 Å². The van der Waals surface area contributed by atoms with Gasteiger partial charge in [-0.25, -0.2) is 9.07 Å². The van der Waals surface area contributed by atoms with E-state index in [1.54, 1.807) is 18.2 Å². The number of carbonyl (C=O) groups excluding carboxylic acids is 1. The Morgan fingerprint density at radius 2 is 2.22 bits per heavy atom. The molecule has 0 saturated heterocycles. The number of rotatable bonds is 5. The minimum absolute atomic E-state index is 0.204. The minimum Gasteiger partial charge on any atom is -0.378 e. The monoisotopic (exact) mass is 249 g/mol. The molecule has 0 radical (unpaired) electrons. The van der Waals surface area contributed by atoms with Gasteiger partial charge in [-0.1, -0.05) is 23.4 Å². The minimum atomic E-state index is -0.316. The van der Waals surface area contributed by atoms with Gasteiger partial charge in [0.05, 0.1) is 18.8 Å². The molecule has 18 heavy (non-hydrogen) atoms. The number of methoxy groups -OCH3 is 1. The number of nitrogens with zero attached hydrogens (tertiary/aromatic N) is 3. The van der Waals surface area contributed by atoms with Gasteiger partial charge in [0.25, 0.3) is 0 Å². The number of halogens is 1. The lowest BCUT2D eigenvalue weighted by Gasteiger charge is -2.06. The summed E-state index contributed by atoms with van der Waals surface area (Å²) in [5.41, 5.74) is 1.24. The SMILES string of the molecule is COCc1c(C=O)nnn1Cc1ccccc1F. The molecule has 0 bridgehead atoms. The third-order valence-electron chi connectivity index (χ3n) is 2.54. The van der Waals surface area contributed by atoms with Crippen LogP contribution in [0.25, 0.3) is 0 Å². The Labute approximate surface area is 103 Å². The molecule has 0 amide bonds. The topological polar surface area (TPSA) is 57.0 Å². The van der Waals surface area contributed by atoms with Gasteiger partial charge in [-0.3, -0.25) is 4.79 Å². The van der Waals surface area contributed by atoms with E-state index < -0.39 is 0 Å². The normalized spacial score (nSPS) is 10.6. The van der Waals surface area contributed by atoms with Crippen LogP contribution in [0.1, 0.15) is 21.7 Å². The van der Waals surface area contributed by atoms with Crippen LogP contribution in [0.4, 0.5) is 4.39 Å². The Morgan fingerprint density at radius 1 is 1.44 bits per heavy atom. The molecule has 1 heterocycles. The molecule has 6 heteroatoms. The summed E-state index contributed by atoms with van der Waals surface area (Å²) < 4.78 is 20.0. The number of benzene rings is 1. The molecule has 0 aliphatic heterocycles. The van der Waals surface area contributed by atoms with Crippen LogP contribution >= 0.6 is 0 Å². The zero-order valence-electron chi connectivity index (χ0n) is 9.84. The van der Waals surface area contributed by atoms with Crippen LogP contribution in [0.5, 0.6) is 0 Å². The highest BCUT2D eigenvalue weighted by atomic mass is 19.1. The Kier molecular flexibility index (Phi) is 3.78. The number of hydrogen-bond acceptors (Lipinski definition) is 4. The lowest BCUT2D eigenvalue weighted by molar-refractivity contribution is 0.111. The molecule has 5 nitrogen and oxygen atoms in total. The van der Waals surface area contributed by atoms with E-state index in [0.29, 0.717) is 17.5 Å². The number of hydrogen-bond donors (Lipinski definition) is 0. The lowest BCUT2D eigenvalue weighted by Crippen LogP contribution is -2.09. The Balaban J connectivity index is 2.31. The van der Waals surface area contributed by atoms with E-state index in [1.165, 1.54) is 17.9 Å². The smallest absolute Gasteiger partial charge is 0.172 e. The Morgan fingerprint density at radius 3 is 2.89 bits per heavy atom. The van der Waals surface area contributed by atoms with Crippen molar-refractivity contribution in [2.24, 2.45) is 0 Å². The fourth-order valence-electron chi connectivity index (χ4n) is 1.64. The summed E-state index contributed by atoms with van der Waals surface area (Å²) in [6.45, 7) is 0.418. The summed E-state index contributed by atoms with van der Waals surface area (Å²) in [6.07, 6.45) is 0.610. The molecule has 94 valence electrons. The van der Waals surface area contributed by atoms with Gasteiger partial charge in [-0.15, -0.1) is 5.10 Å². The number of carbonyl (C=O) groups is 1. The van der Waals surface area contributed by atoms with Crippen molar-refractivity contribution in [2.45, 2.75) is 13.2 Å². The van der Waals surface area contributed by atoms with E-state index in [-0.39, 0.29) is 24.7 Å². The van der Waals surface area contributed by atoms with Gasteiger partial charge in [0.1, 0.15) is 5.82 Å². The first-order valence-corrected chi connectivity index (χ1v) is 5.36. The molecule has 0 atom stereocenters. The molecule has 0 saturated carbocycles. The van der Waals surface area contributed by atoms with Gasteiger partial charge in [-0.2, -0.15) is 0 Å². The van der Waals surface area contributed by atoms with Gasteiger partial charge in [0, 0.05) is 12.7 Å². The first kappa shape index (κ1) is 12.4. The molecule has 0 fully saturated rings. The maximum atomic E-state index is 13.5. The van der Waals surface area contributed by atoms with Gasteiger partial charge in [-0.05, 0) is 6.07 Å².